The number of rotatable bonds is 3. The zero-order valence-electron chi connectivity index (χ0n) is 23.2. The van der Waals surface area contributed by atoms with Gasteiger partial charge < -0.3 is 85.7 Å². The van der Waals surface area contributed by atoms with E-state index in [0.29, 0.717) is 82.1 Å². The van der Waals surface area contributed by atoms with Gasteiger partial charge in [-0.15, -0.1) is 0 Å². The molecule has 0 radical (unpaired) electrons. The third-order valence-corrected chi connectivity index (χ3v) is 10.1. The summed E-state index contributed by atoms with van der Waals surface area (Å²) in [6, 6.07) is 0. The fourth-order valence-electron chi connectivity index (χ4n) is 7.80. The summed E-state index contributed by atoms with van der Waals surface area (Å²) in [5.74, 6) is -1.15. The zero-order valence-corrected chi connectivity index (χ0v) is 23.2. The number of hydrazine groups is 1. The summed E-state index contributed by atoms with van der Waals surface area (Å²) < 4.78 is 0. The molecule has 4 aliphatic rings. The van der Waals surface area contributed by atoms with Gasteiger partial charge in [0.25, 0.3) is 0 Å². The van der Waals surface area contributed by atoms with Gasteiger partial charge in [-0.1, -0.05) is 0 Å². The van der Waals surface area contributed by atoms with Gasteiger partial charge in [0.15, 0.2) is 0 Å². The molecule has 0 saturated heterocycles. The van der Waals surface area contributed by atoms with E-state index in [2.05, 4.69) is 10.9 Å². The molecule has 16 nitrogen and oxygen atoms in total. The van der Waals surface area contributed by atoms with Gasteiger partial charge in [-0.25, -0.2) is 5.43 Å². The summed E-state index contributed by atoms with van der Waals surface area (Å²) in [7, 11) is 0. The number of nitrogens with two attached hydrogens (primary N) is 14. The Balaban J connectivity index is 1.51. The van der Waals surface area contributed by atoms with Crippen molar-refractivity contribution in [1.82, 2.24) is 5.43 Å². The van der Waals surface area contributed by atoms with Crippen LogP contribution in [0, 0.1) is 11.8 Å². The van der Waals surface area contributed by atoms with Crippen molar-refractivity contribution < 1.29 is 0 Å². The molecule has 2 aromatic carbocycles. The van der Waals surface area contributed by atoms with Crippen LogP contribution >= 0.6 is 0 Å². The van der Waals surface area contributed by atoms with Crippen LogP contribution in [0.2, 0.25) is 0 Å². The van der Waals surface area contributed by atoms with Crippen molar-refractivity contribution in [3.8, 4) is 0 Å². The van der Waals surface area contributed by atoms with E-state index in [0.717, 1.165) is 0 Å². The third kappa shape index (κ3) is 3.25. The number of allylic oxidation sites excluding steroid dienone is 4. The Bertz CT molecular complexity index is 1620. The van der Waals surface area contributed by atoms with Crippen LogP contribution in [-0.2, 0) is 11.3 Å². The van der Waals surface area contributed by atoms with Gasteiger partial charge in [-0.3, -0.25) is 0 Å². The molecule has 42 heavy (non-hydrogen) atoms. The van der Waals surface area contributed by atoms with Gasteiger partial charge in [0.05, 0.1) is 51.2 Å². The van der Waals surface area contributed by atoms with Gasteiger partial charge in [0, 0.05) is 45.8 Å². The molecule has 5 atom stereocenters. The van der Waals surface area contributed by atoms with Gasteiger partial charge in [-0.2, -0.15) is 0 Å². The van der Waals surface area contributed by atoms with E-state index >= 15 is 0 Å². The monoisotopic (exact) mass is 578 g/mol. The van der Waals surface area contributed by atoms with Gasteiger partial charge in [-0.05, 0) is 48.6 Å². The van der Waals surface area contributed by atoms with Gasteiger partial charge in [0.1, 0.15) is 5.66 Å². The van der Waals surface area contributed by atoms with Crippen LogP contribution in [-0.4, -0.2) is 0 Å². The summed E-state index contributed by atoms with van der Waals surface area (Å²) >= 11 is 0. The molecule has 0 spiro atoms. The molecule has 0 aromatic heterocycles. The molecule has 226 valence electrons. The van der Waals surface area contributed by atoms with E-state index in [1.807, 2.05) is 0 Å². The lowest BCUT2D eigenvalue weighted by molar-refractivity contribution is 0.213. The van der Waals surface area contributed by atoms with E-state index in [1.54, 1.807) is 0 Å². The Morgan fingerprint density at radius 2 is 0.929 bits per heavy atom. The van der Waals surface area contributed by atoms with E-state index < -0.39 is 11.3 Å². The number of nitrogen functional groups attached to an aromatic ring is 7. The molecule has 6 rings (SSSR count). The van der Waals surface area contributed by atoms with E-state index in [9.17, 15) is 0 Å². The number of anilines is 8. The van der Waals surface area contributed by atoms with Crippen molar-refractivity contribution in [3.05, 3.63) is 45.0 Å². The summed E-state index contributed by atoms with van der Waals surface area (Å²) in [6.07, 6.45) is 1.54. The van der Waals surface area contributed by atoms with Gasteiger partial charge in [0.2, 0.25) is 0 Å². The highest BCUT2D eigenvalue weighted by molar-refractivity contribution is 5.95. The van der Waals surface area contributed by atoms with Crippen LogP contribution in [0.1, 0.15) is 59.8 Å². The fraction of sp³-hybridized carbons (Fsp3) is 0.385. The maximum absolute atomic E-state index is 7.24. The highest BCUT2D eigenvalue weighted by atomic mass is 15.4. The summed E-state index contributed by atoms with van der Waals surface area (Å²) in [5.41, 5.74) is 101. The maximum Gasteiger partial charge on any atom is 0.116 e. The third-order valence-electron chi connectivity index (χ3n) is 10.1. The fourth-order valence-corrected chi connectivity index (χ4v) is 7.80. The number of benzene rings is 2. The van der Waals surface area contributed by atoms with Crippen molar-refractivity contribution in [1.29, 1.82) is 0 Å². The lowest BCUT2D eigenvalue weighted by Crippen LogP contribution is -2.57. The minimum atomic E-state index is -1.36. The average molecular weight is 579 g/mol. The summed E-state index contributed by atoms with van der Waals surface area (Å²) in [4.78, 5) is 0. The molecule has 0 saturated carbocycles. The molecule has 0 heterocycles. The number of hydrogen-bond donors (Lipinski definition) is 16. The normalized spacial score (nSPS) is 29.2. The van der Waals surface area contributed by atoms with E-state index in [4.69, 9.17) is 80.3 Å². The van der Waals surface area contributed by atoms with Crippen molar-refractivity contribution in [3.63, 3.8) is 0 Å². The lowest BCUT2D eigenvalue weighted by Gasteiger charge is -2.39. The summed E-state index contributed by atoms with van der Waals surface area (Å²) in [6.45, 7) is 0. The second-order valence-corrected chi connectivity index (χ2v) is 12.2. The van der Waals surface area contributed by atoms with Crippen molar-refractivity contribution >= 4 is 45.5 Å². The average Bonchev–Trinajstić information content (AvgIpc) is 3.30. The second kappa shape index (κ2) is 8.45. The first kappa shape index (κ1) is 27.5. The first-order valence-electron chi connectivity index (χ1n) is 13.7. The number of nitrogens with one attached hydrogen (secondary N) is 2. The quantitative estimate of drug-likeness (QED) is 0.105. The Morgan fingerprint density at radius 1 is 0.476 bits per heavy atom. The Labute approximate surface area is 242 Å². The Hall–Kier alpha value is -4.64. The largest absolute Gasteiger partial charge is 0.401 e. The minimum Gasteiger partial charge on any atom is -0.401 e. The zero-order chi connectivity index (χ0) is 30.8. The minimum absolute atomic E-state index is 0.125. The highest BCUT2D eigenvalue weighted by Crippen LogP contribution is 2.61. The van der Waals surface area contributed by atoms with Crippen LogP contribution < -0.4 is 91.1 Å². The predicted molar refractivity (Wildman–Crippen MR) is 168 cm³/mol. The predicted octanol–water partition coefficient (Wildman–Crippen LogP) is -2.17. The maximum atomic E-state index is 7.24. The van der Waals surface area contributed by atoms with Gasteiger partial charge >= 0.3 is 0 Å². The first-order valence-corrected chi connectivity index (χ1v) is 13.7. The highest BCUT2D eigenvalue weighted by Gasteiger charge is 2.56. The SMILES string of the molecule is NC1=C(N)CC2C(C1)c1c(NNC3(N)c4c(N)c(N)c(N)c(N)c4C4CC(N)=C(N)CC43)c(N)c(N)c(N)c1C2(N)N. The topological polar surface area (TPSA) is 388 Å². The second-order valence-electron chi connectivity index (χ2n) is 12.2. The summed E-state index contributed by atoms with van der Waals surface area (Å²) in [5, 5.41) is 0. The van der Waals surface area contributed by atoms with E-state index in [-0.39, 0.29) is 57.8 Å². The molecule has 0 amide bonds. The molecule has 5 unspecified atom stereocenters. The first-order chi connectivity index (χ1) is 19.5. The molecule has 0 bridgehead atoms. The van der Waals surface area contributed by atoms with Crippen LogP contribution in [0.4, 0.5) is 45.5 Å². The Kier molecular flexibility index (Phi) is 5.54. The molecule has 4 aliphatic carbocycles. The number of hydrogen-bond acceptors (Lipinski definition) is 16. The lowest BCUT2D eigenvalue weighted by atomic mass is 9.77. The molecule has 0 aliphatic heterocycles. The van der Waals surface area contributed by atoms with Crippen LogP contribution in [0.5, 0.6) is 0 Å². The van der Waals surface area contributed by atoms with Crippen molar-refractivity contribution in [2.75, 3.05) is 45.6 Å². The van der Waals surface area contributed by atoms with E-state index in [1.165, 1.54) is 0 Å². The Morgan fingerprint density at radius 3 is 1.52 bits per heavy atom. The standard InChI is InChI=1S/C26H42N16/c27-9-1-5-7(3-11(9)29)25(38,39)15-14(5)24(23(37)22(36)18(15)32)41-42-26(40)8-4-12(30)10(28)2-6(8)13-16(26)19(33)21(35)20(34)17(13)31/h5-8,41-42H,1-4,27-40H2. The molecular formula is C26H42N16. The molecule has 2 aromatic rings. The van der Waals surface area contributed by atoms with Crippen molar-refractivity contribution in [2.24, 2.45) is 52.0 Å². The smallest absolute Gasteiger partial charge is 0.116 e. The molecule has 0 fully saturated rings. The molecule has 16 heteroatoms. The molecular weight excluding hydrogens is 536 g/mol. The van der Waals surface area contributed by atoms with Crippen molar-refractivity contribution in [2.45, 2.75) is 48.8 Å². The molecule has 30 N–H and O–H groups in total. The number of fused-ring (bicyclic) bond motifs is 6. The van der Waals surface area contributed by atoms with Crippen LogP contribution in [0.15, 0.2) is 22.8 Å². The van der Waals surface area contributed by atoms with Crippen LogP contribution in [0.25, 0.3) is 0 Å². The van der Waals surface area contributed by atoms with Crippen LogP contribution in [0.3, 0.4) is 0 Å².